The molecule has 2 rings (SSSR count). The average Bonchev–Trinajstić information content (AvgIpc) is 2.82. The van der Waals surface area contributed by atoms with E-state index in [0.717, 1.165) is 0 Å². The van der Waals surface area contributed by atoms with Crippen LogP contribution in [0.25, 0.3) is 5.82 Å². The van der Waals surface area contributed by atoms with Crippen molar-refractivity contribution in [1.82, 2.24) is 20.0 Å². The molecule has 18 heavy (non-hydrogen) atoms. The van der Waals surface area contributed by atoms with Gasteiger partial charge in [0.25, 0.3) is 0 Å². The summed E-state index contributed by atoms with van der Waals surface area (Å²) >= 11 is 0. The molecule has 0 aliphatic heterocycles. The Kier molecular flexibility index (Phi) is 2.77. The Labute approximate surface area is 102 Å². The van der Waals surface area contributed by atoms with Crippen LogP contribution in [0, 0.1) is 25.2 Å². The van der Waals surface area contributed by atoms with E-state index in [4.69, 9.17) is 10.4 Å². The van der Waals surface area contributed by atoms with Gasteiger partial charge in [-0.05, 0) is 19.4 Å². The maximum Gasteiger partial charge on any atom is 0.338 e. The summed E-state index contributed by atoms with van der Waals surface area (Å²) in [7, 11) is 0. The molecule has 0 radical (unpaired) electrons. The van der Waals surface area contributed by atoms with E-state index < -0.39 is 5.97 Å². The van der Waals surface area contributed by atoms with E-state index in [1.807, 2.05) is 6.07 Å². The normalized spacial score (nSPS) is 10.1. The summed E-state index contributed by atoms with van der Waals surface area (Å²) in [5.41, 5.74) is 1.72. The molecule has 0 fully saturated rings. The van der Waals surface area contributed by atoms with Gasteiger partial charge in [-0.2, -0.15) is 15.5 Å². The standard InChI is InChI=1S/C11H9N5O2/c1-6-7(2)14-15-10(9(6)3-12)16-5-8(4-13-16)11(17)18/h4-5H,1-2H3,(H,17,18). The van der Waals surface area contributed by atoms with Gasteiger partial charge in [0.1, 0.15) is 11.6 Å². The highest BCUT2D eigenvalue weighted by atomic mass is 16.4. The van der Waals surface area contributed by atoms with Crippen molar-refractivity contribution in [2.45, 2.75) is 13.8 Å². The van der Waals surface area contributed by atoms with Gasteiger partial charge in [0.15, 0.2) is 5.82 Å². The van der Waals surface area contributed by atoms with E-state index in [2.05, 4.69) is 15.3 Å². The van der Waals surface area contributed by atoms with E-state index in [9.17, 15) is 4.79 Å². The lowest BCUT2D eigenvalue weighted by Crippen LogP contribution is -2.07. The van der Waals surface area contributed by atoms with Crippen LogP contribution < -0.4 is 0 Å². The van der Waals surface area contributed by atoms with Crippen LogP contribution in [-0.2, 0) is 0 Å². The van der Waals surface area contributed by atoms with Crippen LogP contribution in [0.4, 0.5) is 0 Å². The van der Waals surface area contributed by atoms with Crippen molar-refractivity contribution in [2.24, 2.45) is 0 Å². The Morgan fingerprint density at radius 1 is 1.44 bits per heavy atom. The number of aryl methyl sites for hydroxylation is 1. The molecule has 0 unspecified atom stereocenters. The van der Waals surface area contributed by atoms with Crippen LogP contribution in [0.3, 0.4) is 0 Å². The van der Waals surface area contributed by atoms with Crippen molar-refractivity contribution in [3.05, 3.63) is 34.8 Å². The van der Waals surface area contributed by atoms with Gasteiger partial charge >= 0.3 is 5.97 Å². The molecule has 1 N–H and O–H groups in total. The maximum atomic E-state index is 10.8. The summed E-state index contributed by atoms with van der Waals surface area (Å²) in [6.07, 6.45) is 2.49. The highest BCUT2D eigenvalue weighted by Crippen LogP contribution is 2.16. The zero-order chi connectivity index (χ0) is 13.3. The number of nitrogens with zero attached hydrogens (tertiary/aromatic N) is 5. The lowest BCUT2D eigenvalue weighted by Gasteiger charge is -2.06. The molecule has 90 valence electrons. The third kappa shape index (κ3) is 1.80. The Morgan fingerprint density at radius 2 is 2.17 bits per heavy atom. The van der Waals surface area contributed by atoms with Crippen molar-refractivity contribution in [2.75, 3.05) is 0 Å². The fourth-order valence-electron chi connectivity index (χ4n) is 1.44. The third-order valence-electron chi connectivity index (χ3n) is 2.59. The SMILES string of the molecule is Cc1nnc(-n2cc(C(=O)O)cn2)c(C#N)c1C. The zero-order valence-corrected chi connectivity index (χ0v) is 9.75. The van der Waals surface area contributed by atoms with Crippen LogP contribution in [0.2, 0.25) is 0 Å². The van der Waals surface area contributed by atoms with Crippen LogP contribution in [0.1, 0.15) is 27.2 Å². The highest BCUT2D eigenvalue weighted by Gasteiger charge is 2.15. The van der Waals surface area contributed by atoms with Crippen molar-refractivity contribution >= 4 is 5.97 Å². The number of carbonyl (C=O) groups is 1. The summed E-state index contributed by atoms with van der Waals surface area (Å²) in [6.45, 7) is 3.51. The Balaban J connectivity index is 2.61. The summed E-state index contributed by atoms with van der Waals surface area (Å²) in [4.78, 5) is 10.8. The van der Waals surface area contributed by atoms with Gasteiger partial charge in [-0.25, -0.2) is 9.48 Å². The van der Waals surface area contributed by atoms with Gasteiger partial charge in [0, 0.05) is 6.20 Å². The van der Waals surface area contributed by atoms with E-state index in [1.54, 1.807) is 13.8 Å². The molecule has 0 atom stereocenters. The fourth-order valence-corrected chi connectivity index (χ4v) is 1.44. The lowest BCUT2D eigenvalue weighted by atomic mass is 10.1. The summed E-state index contributed by atoms with van der Waals surface area (Å²) in [6, 6.07) is 2.03. The Morgan fingerprint density at radius 3 is 2.72 bits per heavy atom. The summed E-state index contributed by atoms with van der Waals surface area (Å²) in [5.74, 6) is -0.857. The molecule has 0 saturated heterocycles. The molecule has 2 aromatic heterocycles. The second-order valence-corrected chi connectivity index (χ2v) is 3.70. The highest BCUT2D eigenvalue weighted by molar-refractivity contribution is 5.87. The number of carboxylic acids is 1. The number of nitriles is 1. The minimum absolute atomic E-state index is 0.0268. The first kappa shape index (κ1) is 11.7. The number of aromatic carboxylic acids is 1. The molecule has 0 amide bonds. The van der Waals surface area contributed by atoms with Crippen molar-refractivity contribution < 1.29 is 9.90 Å². The smallest absolute Gasteiger partial charge is 0.338 e. The Hall–Kier alpha value is -2.75. The third-order valence-corrected chi connectivity index (χ3v) is 2.59. The molecule has 0 spiro atoms. The largest absolute Gasteiger partial charge is 0.478 e. The number of hydrogen-bond donors (Lipinski definition) is 1. The minimum atomic E-state index is -1.09. The lowest BCUT2D eigenvalue weighted by molar-refractivity contribution is 0.0697. The van der Waals surface area contributed by atoms with E-state index in [-0.39, 0.29) is 11.4 Å². The van der Waals surface area contributed by atoms with Gasteiger partial charge < -0.3 is 5.11 Å². The first-order valence-corrected chi connectivity index (χ1v) is 5.07. The number of rotatable bonds is 2. The molecule has 0 aliphatic carbocycles. The quantitative estimate of drug-likeness (QED) is 0.838. The van der Waals surface area contributed by atoms with Crippen LogP contribution in [0.15, 0.2) is 12.4 Å². The first-order valence-electron chi connectivity index (χ1n) is 5.07. The molecule has 0 aromatic carbocycles. The second kappa shape index (κ2) is 4.25. The average molecular weight is 243 g/mol. The summed E-state index contributed by atoms with van der Waals surface area (Å²) in [5, 5.41) is 29.6. The maximum absolute atomic E-state index is 10.8. The predicted octanol–water partition coefficient (Wildman–Crippen LogP) is 0.849. The first-order chi connectivity index (χ1) is 8.54. The molecule has 2 heterocycles. The van der Waals surface area contributed by atoms with Gasteiger partial charge in [-0.1, -0.05) is 0 Å². The summed E-state index contributed by atoms with van der Waals surface area (Å²) < 4.78 is 1.24. The minimum Gasteiger partial charge on any atom is -0.478 e. The molecule has 0 saturated carbocycles. The van der Waals surface area contributed by atoms with Crippen molar-refractivity contribution in [1.29, 1.82) is 5.26 Å². The molecule has 0 aliphatic rings. The molecule has 7 nitrogen and oxygen atoms in total. The molecule has 7 heteroatoms. The monoisotopic (exact) mass is 243 g/mol. The van der Waals surface area contributed by atoms with Gasteiger partial charge in [-0.3, -0.25) is 0 Å². The second-order valence-electron chi connectivity index (χ2n) is 3.70. The van der Waals surface area contributed by atoms with Crippen molar-refractivity contribution in [3.8, 4) is 11.9 Å². The number of hydrogen-bond acceptors (Lipinski definition) is 5. The van der Waals surface area contributed by atoms with Crippen LogP contribution in [-0.4, -0.2) is 31.1 Å². The van der Waals surface area contributed by atoms with Crippen molar-refractivity contribution in [3.63, 3.8) is 0 Å². The van der Waals surface area contributed by atoms with E-state index in [0.29, 0.717) is 16.8 Å². The number of carboxylic acid groups (broad SMARTS) is 1. The van der Waals surface area contributed by atoms with Crippen LogP contribution >= 0.6 is 0 Å². The molecule has 0 bridgehead atoms. The topological polar surface area (TPSA) is 105 Å². The van der Waals surface area contributed by atoms with E-state index >= 15 is 0 Å². The van der Waals surface area contributed by atoms with E-state index in [1.165, 1.54) is 17.1 Å². The number of aromatic nitrogens is 4. The Bertz CT molecular complexity index is 669. The predicted molar refractivity (Wildman–Crippen MR) is 60.3 cm³/mol. The van der Waals surface area contributed by atoms with Gasteiger partial charge in [0.05, 0.1) is 17.5 Å². The molecular formula is C11H9N5O2. The molecular weight excluding hydrogens is 234 g/mol. The zero-order valence-electron chi connectivity index (χ0n) is 9.75. The van der Waals surface area contributed by atoms with Crippen LogP contribution in [0.5, 0.6) is 0 Å². The molecule has 2 aromatic rings. The van der Waals surface area contributed by atoms with Gasteiger partial charge in [0.2, 0.25) is 0 Å². The fraction of sp³-hybridized carbons (Fsp3) is 0.182. The van der Waals surface area contributed by atoms with Gasteiger partial charge in [-0.15, -0.1) is 5.10 Å².